The third kappa shape index (κ3) is 2.65. The van der Waals surface area contributed by atoms with Gasteiger partial charge in [-0.2, -0.15) is 0 Å². The zero-order valence-electron chi connectivity index (χ0n) is 11.4. The van der Waals surface area contributed by atoms with Crippen molar-refractivity contribution in [3.05, 3.63) is 65.2 Å². The molecular weight excluding hydrogens is 256 g/mol. The van der Waals surface area contributed by atoms with E-state index in [0.29, 0.717) is 11.3 Å². The van der Waals surface area contributed by atoms with Crippen LogP contribution in [0.2, 0.25) is 0 Å². The number of carboxylic acid groups (broad SMARTS) is 1. The number of ether oxygens (including phenoxy) is 2. The minimum atomic E-state index is -0.974. The molecule has 0 aromatic heterocycles. The normalized spacial score (nSPS) is 11.9. The number of carbonyl (C=O) groups is 1. The van der Waals surface area contributed by atoms with E-state index < -0.39 is 12.1 Å². The van der Waals surface area contributed by atoms with Crippen LogP contribution in [0.5, 0.6) is 5.75 Å². The van der Waals surface area contributed by atoms with E-state index in [9.17, 15) is 9.90 Å². The molecule has 104 valence electrons. The Bertz CT molecular complexity index is 607. The molecule has 0 unspecified atom stereocenters. The molecule has 0 radical (unpaired) electrons. The van der Waals surface area contributed by atoms with Crippen molar-refractivity contribution in [3.8, 4) is 5.75 Å². The van der Waals surface area contributed by atoms with E-state index >= 15 is 0 Å². The molecule has 0 amide bonds. The van der Waals surface area contributed by atoms with Crippen LogP contribution in [0.25, 0.3) is 0 Å². The molecule has 4 heteroatoms. The highest BCUT2D eigenvalue weighted by Crippen LogP contribution is 2.33. The van der Waals surface area contributed by atoms with Crippen LogP contribution in [0.4, 0.5) is 0 Å². The van der Waals surface area contributed by atoms with Crippen molar-refractivity contribution >= 4 is 5.97 Å². The van der Waals surface area contributed by atoms with E-state index in [1.54, 1.807) is 38.5 Å². The summed E-state index contributed by atoms with van der Waals surface area (Å²) in [6.07, 6.45) is -0.488. The third-order valence-corrected chi connectivity index (χ3v) is 3.13. The summed E-state index contributed by atoms with van der Waals surface area (Å²) in [6, 6.07) is 14.2. The van der Waals surface area contributed by atoms with Gasteiger partial charge in [0.2, 0.25) is 0 Å². The highest BCUT2D eigenvalue weighted by atomic mass is 16.5. The first kappa shape index (κ1) is 14.1. The molecule has 0 aliphatic rings. The van der Waals surface area contributed by atoms with Gasteiger partial charge in [-0.25, -0.2) is 4.79 Å². The number of carboxylic acids is 1. The second-order valence-corrected chi connectivity index (χ2v) is 4.25. The Morgan fingerprint density at radius 3 is 2.20 bits per heavy atom. The minimum Gasteiger partial charge on any atom is -0.496 e. The number of hydrogen-bond acceptors (Lipinski definition) is 3. The van der Waals surface area contributed by atoms with Gasteiger partial charge in [-0.05, 0) is 17.7 Å². The fourth-order valence-corrected chi connectivity index (χ4v) is 2.22. The first-order chi connectivity index (χ1) is 9.69. The van der Waals surface area contributed by atoms with Gasteiger partial charge in [-0.1, -0.05) is 36.4 Å². The SMILES string of the molecule is COc1ccccc1[C@H](OC)c1ccccc1C(=O)O. The van der Waals surface area contributed by atoms with E-state index in [4.69, 9.17) is 9.47 Å². The van der Waals surface area contributed by atoms with Crippen molar-refractivity contribution in [2.75, 3.05) is 14.2 Å². The van der Waals surface area contributed by atoms with Crippen molar-refractivity contribution in [3.63, 3.8) is 0 Å². The number of benzene rings is 2. The summed E-state index contributed by atoms with van der Waals surface area (Å²) >= 11 is 0. The summed E-state index contributed by atoms with van der Waals surface area (Å²) in [5.41, 5.74) is 1.63. The van der Waals surface area contributed by atoms with Gasteiger partial charge in [-0.3, -0.25) is 0 Å². The average Bonchev–Trinajstić information content (AvgIpc) is 2.49. The molecule has 0 spiro atoms. The summed E-state index contributed by atoms with van der Waals surface area (Å²) in [5, 5.41) is 9.30. The Morgan fingerprint density at radius 2 is 1.60 bits per heavy atom. The van der Waals surface area contributed by atoms with E-state index in [0.717, 1.165) is 5.56 Å². The summed E-state index contributed by atoms with van der Waals surface area (Å²) < 4.78 is 10.8. The smallest absolute Gasteiger partial charge is 0.336 e. The largest absolute Gasteiger partial charge is 0.496 e. The molecule has 0 bridgehead atoms. The molecular formula is C16H16O4. The van der Waals surface area contributed by atoms with Crippen molar-refractivity contribution in [2.24, 2.45) is 0 Å². The number of para-hydroxylation sites is 1. The van der Waals surface area contributed by atoms with E-state index in [-0.39, 0.29) is 5.56 Å². The maximum Gasteiger partial charge on any atom is 0.336 e. The van der Waals surface area contributed by atoms with Gasteiger partial charge in [0.25, 0.3) is 0 Å². The zero-order chi connectivity index (χ0) is 14.5. The van der Waals surface area contributed by atoms with Crippen LogP contribution in [0.15, 0.2) is 48.5 Å². The van der Waals surface area contributed by atoms with Crippen LogP contribution in [0, 0.1) is 0 Å². The Balaban J connectivity index is 2.56. The quantitative estimate of drug-likeness (QED) is 0.908. The molecule has 1 N–H and O–H groups in total. The van der Waals surface area contributed by atoms with Gasteiger partial charge in [-0.15, -0.1) is 0 Å². The van der Waals surface area contributed by atoms with Gasteiger partial charge < -0.3 is 14.6 Å². The van der Waals surface area contributed by atoms with Crippen LogP contribution in [-0.2, 0) is 4.74 Å². The lowest BCUT2D eigenvalue weighted by molar-refractivity contribution is 0.0686. The Hall–Kier alpha value is -2.33. The Kier molecular flexibility index (Phi) is 4.38. The molecule has 20 heavy (non-hydrogen) atoms. The molecule has 2 aromatic rings. The first-order valence-corrected chi connectivity index (χ1v) is 6.17. The summed E-state index contributed by atoms with van der Waals surface area (Å²) in [7, 11) is 3.13. The van der Waals surface area contributed by atoms with Crippen LogP contribution < -0.4 is 4.74 Å². The van der Waals surface area contributed by atoms with E-state index in [2.05, 4.69) is 0 Å². The van der Waals surface area contributed by atoms with Crippen molar-refractivity contribution in [1.82, 2.24) is 0 Å². The number of methoxy groups -OCH3 is 2. The molecule has 4 nitrogen and oxygen atoms in total. The number of aromatic carboxylic acids is 1. The average molecular weight is 272 g/mol. The van der Waals surface area contributed by atoms with E-state index in [1.807, 2.05) is 24.3 Å². The van der Waals surface area contributed by atoms with Gasteiger partial charge in [0.1, 0.15) is 11.9 Å². The lowest BCUT2D eigenvalue weighted by Gasteiger charge is -2.20. The van der Waals surface area contributed by atoms with Crippen LogP contribution in [0.1, 0.15) is 27.6 Å². The van der Waals surface area contributed by atoms with Gasteiger partial charge >= 0.3 is 5.97 Å². The lowest BCUT2D eigenvalue weighted by atomic mass is 9.96. The summed E-state index contributed by atoms with van der Waals surface area (Å²) in [6.45, 7) is 0. The third-order valence-electron chi connectivity index (χ3n) is 3.13. The predicted octanol–water partition coefficient (Wildman–Crippen LogP) is 3.13. The molecule has 0 heterocycles. The highest BCUT2D eigenvalue weighted by molar-refractivity contribution is 5.89. The van der Waals surface area contributed by atoms with Crippen LogP contribution >= 0.6 is 0 Å². The zero-order valence-corrected chi connectivity index (χ0v) is 11.4. The Labute approximate surface area is 117 Å². The molecule has 0 fully saturated rings. The maximum atomic E-state index is 11.3. The lowest BCUT2D eigenvalue weighted by Crippen LogP contribution is -2.11. The van der Waals surface area contributed by atoms with Gasteiger partial charge in [0.05, 0.1) is 12.7 Å². The molecule has 1 atom stereocenters. The van der Waals surface area contributed by atoms with Gasteiger partial charge in [0, 0.05) is 12.7 Å². The Morgan fingerprint density at radius 1 is 1.00 bits per heavy atom. The predicted molar refractivity (Wildman–Crippen MR) is 75.2 cm³/mol. The highest BCUT2D eigenvalue weighted by Gasteiger charge is 2.22. The molecule has 2 aromatic carbocycles. The monoisotopic (exact) mass is 272 g/mol. The maximum absolute atomic E-state index is 11.3. The summed E-state index contributed by atoms with van der Waals surface area (Å²) in [5.74, 6) is -0.308. The van der Waals surface area contributed by atoms with Crippen molar-refractivity contribution in [1.29, 1.82) is 0 Å². The summed E-state index contributed by atoms with van der Waals surface area (Å²) in [4.78, 5) is 11.3. The fraction of sp³-hybridized carbons (Fsp3) is 0.188. The first-order valence-electron chi connectivity index (χ1n) is 6.17. The standard InChI is InChI=1S/C16H16O4/c1-19-14-10-6-5-9-13(14)15(20-2)11-7-3-4-8-12(11)16(17)18/h3-10,15H,1-2H3,(H,17,18)/t15-/m1/s1. The second kappa shape index (κ2) is 6.21. The van der Waals surface area contributed by atoms with E-state index in [1.165, 1.54) is 0 Å². The van der Waals surface area contributed by atoms with Crippen LogP contribution in [0.3, 0.4) is 0 Å². The van der Waals surface area contributed by atoms with Crippen molar-refractivity contribution in [2.45, 2.75) is 6.10 Å². The topological polar surface area (TPSA) is 55.8 Å². The van der Waals surface area contributed by atoms with Crippen molar-refractivity contribution < 1.29 is 19.4 Å². The molecule has 2 rings (SSSR count). The number of hydrogen-bond donors (Lipinski definition) is 1. The molecule has 0 saturated carbocycles. The van der Waals surface area contributed by atoms with Gasteiger partial charge in [0.15, 0.2) is 0 Å². The molecule has 0 aliphatic heterocycles. The molecule has 0 saturated heterocycles. The van der Waals surface area contributed by atoms with Crippen LogP contribution in [-0.4, -0.2) is 25.3 Å². The molecule has 0 aliphatic carbocycles. The minimum absolute atomic E-state index is 0.227. The number of rotatable bonds is 5. The second-order valence-electron chi connectivity index (χ2n) is 4.25. The fourth-order valence-electron chi connectivity index (χ4n) is 2.22.